The predicted octanol–water partition coefficient (Wildman–Crippen LogP) is 2.16. The third-order valence-electron chi connectivity index (χ3n) is 3.72. The summed E-state index contributed by atoms with van der Waals surface area (Å²) in [6.07, 6.45) is 4.63. The first-order chi connectivity index (χ1) is 9.74. The van der Waals surface area contributed by atoms with E-state index in [1.807, 2.05) is 35.9 Å². The third kappa shape index (κ3) is 2.57. The van der Waals surface area contributed by atoms with Crippen molar-refractivity contribution in [1.29, 1.82) is 0 Å². The highest BCUT2D eigenvalue weighted by molar-refractivity contribution is 5.88. The molecule has 0 unspecified atom stereocenters. The van der Waals surface area contributed by atoms with Crippen LogP contribution in [-0.4, -0.2) is 21.2 Å². The van der Waals surface area contributed by atoms with E-state index < -0.39 is 0 Å². The highest BCUT2D eigenvalue weighted by Gasteiger charge is 2.12. The molecule has 1 heterocycles. The number of hydrogen-bond acceptors (Lipinski definition) is 3. The predicted molar refractivity (Wildman–Crippen MR) is 78.5 cm³/mol. The van der Waals surface area contributed by atoms with E-state index in [-0.39, 0.29) is 12.3 Å². The van der Waals surface area contributed by atoms with E-state index in [1.54, 1.807) is 0 Å². The Bertz CT molecular complexity index is 664. The maximum atomic E-state index is 11.9. The summed E-state index contributed by atoms with van der Waals surface area (Å²) in [7, 11) is 1.93. The van der Waals surface area contributed by atoms with Crippen LogP contribution in [0.25, 0.3) is 11.0 Å². The number of imidazole rings is 1. The number of aromatic nitrogens is 2. The van der Waals surface area contributed by atoms with Crippen LogP contribution in [0.3, 0.4) is 0 Å². The topological polar surface area (TPSA) is 59.3 Å². The minimum Gasteiger partial charge on any atom is -0.331 e. The summed E-state index contributed by atoms with van der Waals surface area (Å²) in [6.45, 7) is 0. The van der Waals surface area contributed by atoms with Crippen LogP contribution in [-0.2, 0) is 18.3 Å². The van der Waals surface area contributed by atoms with E-state index in [0.717, 1.165) is 35.4 Å². The molecule has 0 aliphatic heterocycles. The molecule has 1 amide bonds. The first kappa shape index (κ1) is 12.8. The molecule has 3 rings (SSSR count). The van der Waals surface area contributed by atoms with Crippen molar-refractivity contribution in [3.05, 3.63) is 30.1 Å². The second kappa shape index (κ2) is 5.45. The van der Waals surface area contributed by atoms with Crippen LogP contribution in [0.2, 0.25) is 0 Å². The van der Waals surface area contributed by atoms with Gasteiger partial charge in [-0.1, -0.05) is 12.1 Å². The van der Waals surface area contributed by atoms with E-state index in [0.29, 0.717) is 0 Å². The third-order valence-corrected chi connectivity index (χ3v) is 3.72. The lowest BCUT2D eigenvalue weighted by atomic mass is 10.3. The number of rotatable bonds is 3. The Labute approximate surface area is 117 Å². The zero-order valence-electron chi connectivity index (χ0n) is 11.6. The molecule has 1 aromatic heterocycles. The molecule has 1 aromatic carbocycles. The highest BCUT2D eigenvalue weighted by Crippen LogP contribution is 2.15. The molecule has 0 saturated heterocycles. The largest absolute Gasteiger partial charge is 0.331 e. The van der Waals surface area contributed by atoms with E-state index in [9.17, 15) is 4.79 Å². The molecule has 1 saturated carbocycles. The van der Waals surface area contributed by atoms with Gasteiger partial charge in [-0.3, -0.25) is 4.79 Å². The first-order valence-corrected chi connectivity index (χ1v) is 6.98. The van der Waals surface area contributed by atoms with Gasteiger partial charge in [-0.15, -0.1) is 0 Å². The molecule has 5 nitrogen and oxygen atoms in total. The van der Waals surface area contributed by atoms with Crippen molar-refractivity contribution in [2.45, 2.75) is 32.1 Å². The number of nitrogens with zero attached hydrogens (tertiary/aromatic N) is 3. The fourth-order valence-electron chi connectivity index (χ4n) is 2.57. The fourth-order valence-corrected chi connectivity index (χ4v) is 2.57. The Balaban J connectivity index is 1.71. The molecule has 1 aliphatic rings. The number of carbonyl (C=O) groups is 1. The summed E-state index contributed by atoms with van der Waals surface area (Å²) >= 11 is 0. The van der Waals surface area contributed by atoms with E-state index in [4.69, 9.17) is 0 Å². The molecular formula is C15H18N4O. The molecule has 1 fully saturated rings. The van der Waals surface area contributed by atoms with Gasteiger partial charge in [0, 0.05) is 12.8 Å². The summed E-state index contributed by atoms with van der Waals surface area (Å²) in [5.74, 6) is 0.651. The molecule has 20 heavy (non-hydrogen) atoms. The zero-order valence-corrected chi connectivity index (χ0v) is 11.6. The van der Waals surface area contributed by atoms with Gasteiger partial charge in [0.25, 0.3) is 0 Å². The number of fused-ring (bicyclic) bond motifs is 1. The molecule has 0 atom stereocenters. The molecule has 0 spiro atoms. The molecule has 2 aromatic rings. The Morgan fingerprint density at radius 3 is 2.85 bits per heavy atom. The molecule has 0 bridgehead atoms. The van der Waals surface area contributed by atoms with E-state index in [1.165, 1.54) is 12.8 Å². The van der Waals surface area contributed by atoms with E-state index in [2.05, 4.69) is 15.5 Å². The van der Waals surface area contributed by atoms with Crippen LogP contribution in [0, 0.1) is 0 Å². The lowest BCUT2D eigenvalue weighted by Gasteiger charge is -2.02. The van der Waals surface area contributed by atoms with Crippen molar-refractivity contribution in [1.82, 2.24) is 15.0 Å². The van der Waals surface area contributed by atoms with Crippen LogP contribution in [0.1, 0.15) is 31.5 Å². The smallest absolute Gasteiger partial charge is 0.247 e. The van der Waals surface area contributed by atoms with Gasteiger partial charge in [0.2, 0.25) is 5.91 Å². The number of aryl methyl sites for hydroxylation is 1. The van der Waals surface area contributed by atoms with Crippen LogP contribution < -0.4 is 5.43 Å². The van der Waals surface area contributed by atoms with Gasteiger partial charge in [-0.2, -0.15) is 5.10 Å². The zero-order chi connectivity index (χ0) is 13.9. The highest BCUT2D eigenvalue weighted by atomic mass is 16.2. The minimum atomic E-state index is -0.109. The number of amides is 1. The van der Waals surface area contributed by atoms with Gasteiger partial charge in [0.1, 0.15) is 5.82 Å². The number of carbonyl (C=O) groups excluding carboxylic acids is 1. The van der Waals surface area contributed by atoms with Crippen LogP contribution >= 0.6 is 0 Å². The quantitative estimate of drug-likeness (QED) is 0.869. The second-order valence-corrected chi connectivity index (χ2v) is 5.17. The first-order valence-electron chi connectivity index (χ1n) is 6.98. The summed E-state index contributed by atoms with van der Waals surface area (Å²) in [4.78, 5) is 16.4. The molecule has 1 aliphatic carbocycles. The standard InChI is InChI=1S/C15H18N4O/c1-19-13-9-5-4-8-12(13)16-14(19)10-15(20)18-17-11-6-2-3-7-11/h4-5,8-9H,2-3,6-7,10H2,1H3,(H,18,20). The lowest BCUT2D eigenvalue weighted by molar-refractivity contribution is -0.120. The Morgan fingerprint density at radius 1 is 1.35 bits per heavy atom. The number of hydrogen-bond donors (Lipinski definition) is 1. The SMILES string of the molecule is Cn1c(CC(=O)NN=C2CCCC2)nc2ccccc21. The summed E-state index contributed by atoms with van der Waals surface area (Å²) in [6, 6.07) is 7.88. The summed E-state index contributed by atoms with van der Waals surface area (Å²) in [5, 5.41) is 4.18. The Hall–Kier alpha value is -2.17. The van der Waals surface area contributed by atoms with Gasteiger partial charge in [0.05, 0.1) is 17.5 Å². The molecule has 104 valence electrons. The van der Waals surface area contributed by atoms with Crippen LogP contribution in [0.15, 0.2) is 29.4 Å². The van der Waals surface area contributed by atoms with Gasteiger partial charge in [0.15, 0.2) is 0 Å². The monoisotopic (exact) mass is 270 g/mol. The summed E-state index contributed by atoms with van der Waals surface area (Å²) in [5.41, 5.74) is 5.70. The minimum absolute atomic E-state index is 0.109. The maximum absolute atomic E-state index is 11.9. The average molecular weight is 270 g/mol. The van der Waals surface area contributed by atoms with Crippen molar-refractivity contribution in [2.24, 2.45) is 12.1 Å². The Kier molecular flexibility index (Phi) is 3.50. The normalized spacial score (nSPS) is 14.8. The van der Waals surface area contributed by atoms with Crippen molar-refractivity contribution < 1.29 is 4.79 Å². The van der Waals surface area contributed by atoms with Crippen molar-refractivity contribution in [3.63, 3.8) is 0 Å². The number of benzene rings is 1. The Morgan fingerprint density at radius 2 is 2.10 bits per heavy atom. The van der Waals surface area contributed by atoms with Crippen molar-refractivity contribution in [2.75, 3.05) is 0 Å². The summed E-state index contributed by atoms with van der Waals surface area (Å²) < 4.78 is 1.96. The molecule has 5 heteroatoms. The maximum Gasteiger partial charge on any atom is 0.247 e. The molecule has 0 radical (unpaired) electrons. The number of nitrogens with one attached hydrogen (secondary N) is 1. The average Bonchev–Trinajstić information content (AvgIpc) is 3.07. The number of para-hydroxylation sites is 2. The van der Waals surface area contributed by atoms with Crippen LogP contribution in [0.5, 0.6) is 0 Å². The second-order valence-electron chi connectivity index (χ2n) is 5.17. The molecular weight excluding hydrogens is 252 g/mol. The van der Waals surface area contributed by atoms with E-state index >= 15 is 0 Å². The fraction of sp³-hybridized carbons (Fsp3) is 0.400. The van der Waals surface area contributed by atoms with Gasteiger partial charge >= 0.3 is 0 Å². The number of hydrazone groups is 1. The molecule has 1 N–H and O–H groups in total. The van der Waals surface area contributed by atoms with Crippen LogP contribution in [0.4, 0.5) is 0 Å². The van der Waals surface area contributed by atoms with Gasteiger partial charge < -0.3 is 4.57 Å². The van der Waals surface area contributed by atoms with Crippen molar-refractivity contribution in [3.8, 4) is 0 Å². The van der Waals surface area contributed by atoms with Crippen molar-refractivity contribution >= 4 is 22.7 Å². The van der Waals surface area contributed by atoms with Gasteiger partial charge in [-0.25, -0.2) is 10.4 Å². The lowest BCUT2D eigenvalue weighted by Crippen LogP contribution is -2.22. The van der Waals surface area contributed by atoms with Gasteiger partial charge in [-0.05, 0) is 37.8 Å².